The molecule has 1 saturated carbocycles. The second kappa shape index (κ2) is 4.17. The van der Waals surface area contributed by atoms with Crippen LogP contribution < -0.4 is 5.73 Å². The van der Waals surface area contributed by atoms with Crippen LogP contribution in [0.15, 0.2) is 11.6 Å². The van der Waals surface area contributed by atoms with Crippen LogP contribution in [0.2, 0.25) is 0 Å². The lowest BCUT2D eigenvalue weighted by Gasteiger charge is -2.29. The van der Waals surface area contributed by atoms with Crippen molar-refractivity contribution in [3.8, 4) is 0 Å². The molecule has 3 amide bonds. The van der Waals surface area contributed by atoms with Crippen molar-refractivity contribution in [2.75, 3.05) is 6.54 Å². The Morgan fingerprint density at radius 3 is 2.60 bits per heavy atom. The number of fused-ring (bicyclic) bond motifs is 2. The monoisotopic (exact) mass is 303 g/mol. The second-order valence-corrected chi connectivity index (χ2v) is 6.08. The fraction of sp³-hybridized carbons (Fsp3) is 0.600. The molecule has 0 unspecified atom stereocenters. The summed E-state index contributed by atoms with van der Waals surface area (Å²) in [6.45, 7) is 0.0954. The summed E-state index contributed by atoms with van der Waals surface area (Å²) in [6, 6.07) is -2.33. The summed E-state index contributed by atoms with van der Waals surface area (Å²) < 4.78 is 34.5. The number of hydroxylamine groups is 2. The van der Waals surface area contributed by atoms with E-state index in [1.54, 1.807) is 6.08 Å². The van der Waals surface area contributed by atoms with E-state index in [0.29, 0.717) is 5.06 Å². The number of hydrogen-bond donors (Lipinski definition) is 2. The molecule has 2 fully saturated rings. The van der Waals surface area contributed by atoms with Gasteiger partial charge in [-0.25, -0.2) is 4.79 Å². The number of primary amides is 1. The molecule has 110 valence electrons. The van der Waals surface area contributed by atoms with Crippen LogP contribution in [0.1, 0.15) is 12.8 Å². The summed E-state index contributed by atoms with van der Waals surface area (Å²) in [4.78, 5) is 24.8. The molecule has 2 heterocycles. The smallest absolute Gasteiger partial charge is 0.368 e. The van der Waals surface area contributed by atoms with Crippen molar-refractivity contribution in [2.24, 2.45) is 11.7 Å². The molecule has 2 aliphatic heterocycles. The van der Waals surface area contributed by atoms with E-state index in [-0.39, 0.29) is 12.5 Å². The number of hydrogen-bond acceptors (Lipinski definition) is 5. The molecular formula is C10H13N3O6S. The molecule has 0 radical (unpaired) electrons. The van der Waals surface area contributed by atoms with Crippen LogP contribution in [0.3, 0.4) is 0 Å². The molecule has 1 saturated heterocycles. The minimum absolute atomic E-state index is 0.0954. The first-order valence-corrected chi connectivity index (χ1v) is 7.42. The Bertz CT molecular complexity index is 610. The number of nitrogens with two attached hydrogens (primary N) is 1. The van der Waals surface area contributed by atoms with Gasteiger partial charge in [0.1, 0.15) is 6.04 Å². The molecule has 1 aliphatic carbocycles. The van der Waals surface area contributed by atoms with Crippen molar-refractivity contribution in [3.63, 3.8) is 0 Å². The third-order valence-corrected chi connectivity index (χ3v) is 3.97. The summed E-state index contributed by atoms with van der Waals surface area (Å²) in [6.07, 6.45) is 3.45. The van der Waals surface area contributed by atoms with Crippen LogP contribution in [-0.2, 0) is 19.5 Å². The van der Waals surface area contributed by atoms with Crippen LogP contribution in [0.5, 0.6) is 0 Å². The van der Waals surface area contributed by atoms with Crippen molar-refractivity contribution in [1.29, 1.82) is 0 Å². The van der Waals surface area contributed by atoms with E-state index in [9.17, 15) is 18.0 Å². The highest BCUT2D eigenvalue weighted by Crippen LogP contribution is 2.43. The van der Waals surface area contributed by atoms with Gasteiger partial charge in [-0.05, 0) is 24.3 Å². The molecule has 3 rings (SSSR count). The van der Waals surface area contributed by atoms with Gasteiger partial charge in [-0.1, -0.05) is 6.08 Å². The van der Waals surface area contributed by atoms with E-state index in [4.69, 9.17) is 10.3 Å². The minimum Gasteiger partial charge on any atom is -0.368 e. The van der Waals surface area contributed by atoms with E-state index in [1.165, 1.54) is 4.90 Å². The van der Waals surface area contributed by atoms with E-state index < -0.39 is 34.4 Å². The molecule has 3 aliphatic rings. The first-order chi connectivity index (χ1) is 9.28. The third-order valence-electron chi connectivity index (χ3n) is 3.62. The highest BCUT2D eigenvalue weighted by molar-refractivity contribution is 7.80. The maximum atomic E-state index is 12.1. The largest absolute Gasteiger partial charge is 0.418 e. The quantitative estimate of drug-likeness (QED) is 0.507. The zero-order chi connectivity index (χ0) is 14.7. The van der Waals surface area contributed by atoms with Gasteiger partial charge in [0.25, 0.3) is 0 Å². The maximum Gasteiger partial charge on any atom is 0.418 e. The van der Waals surface area contributed by atoms with Crippen molar-refractivity contribution in [3.05, 3.63) is 11.6 Å². The first kappa shape index (κ1) is 13.3. The number of nitrogens with zero attached hydrogens (tertiary/aromatic N) is 2. The third kappa shape index (κ3) is 2.15. The highest BCUT2D eigenvalue weighted by atomic mass is 32.3. The average Bonchev–Trinajstić information content (AvgIpc) is 3.13. The summed E-state index contributed by atoms with van der Waals surface area (Å²) >= 11 is 0. The molecule has 9 nitrogen and oxygen atoms in total. The molecule has 2 atom stereocenters. The SMILES string of the molecule is NC(=O)[C@@H]1C(C2CC2)=C[C@H]2CN1C(=O)N2OS(=O)(=O)O. The van der Waals surface area contributed by atoms with Gasteiger partial charge in [-0.2, -0.15) is 13.5 Å². The van der Waals surface area contributed by atoms with Gasteiger partial charge in [0.05, 0.1) is 12.6 Å². The number of carbonyl (C=O) groups excluding carboxylic acids is 2. The molecule has 20 heavy (non-hydrogen) atoms. The lowest BCUT2D eigenvalue weighted by atomic mass is 9.95. The van der Waals surface area contributed by atoms with Gasteiger partial charge in [0.2, 0.25) is 5.91 Å². The van der Waals surface area contributed by atoms with E-state index in [1.807, 2.05) is 0 Å². The first-order valence-electron chi connectivity index (χ1n) is 6.05. The molecule has 0 spiro atoms. The lowest BCUT2D eigenvalue weighted by Crippen LogP contribution is -2.49. The van der Waals surface area contributed by atoms with Gasteiger partial charge in [0.15, 0.2) is 0 Å². The Kier molecular flexibility index (Phi) is 2.78. The predicted octanol–water partition coefficient (Wildman–Crippen LogP) is -0.969. The van der Waals surface area contributed by atoms with Crippen LogP contribution in [0, 0.1) is 5.92 Å². The Hall–Kier alpha value is -1.65. The lowest BCUT2D eigenvalue weighted by molar-refractivity contribution is -0.121. The van der Waals surface area contributed by atoms with Crippen LogP contribution in [0.4, 0.5) is 4.79 Å². The Morgan fingerprint density at radius 1 is 1.45 bits per heavy atom. The Balaban J connectivity index is 1.95. The number of rotatable bonds is 4. The highest BCUT2D eigenvalue weighted by Gasteiger charge is 2.51. The standard InChI is InChI=1S/C10H13N3O6S/c11-9(14)8-7(5-1-2-5)3-6-4-12(8)10(15)13(6)19-20(16,17)18/h3,5-6,8H,1-2,4H2,(H2,11,14)(H,16,17,18)/t6-,8-/m0/s1. The minimum atomic E-state index is -4.81. The van der Waals surface area contributed by atoms with Crippen LogP contribution in [-0.4, -0.2) is 53.5 Å². The van der Waals surface area contributed by atoms with Crippen molar-refractivity contribution in [2.45, 2.75) is 24.9 Å². The molecule has 3 N–H and O–H groups in total. The second-order valence-electron chi connectivity index (χ2n) is 5.08. The predicted molar refractivity (Wildman–Crippen MR) is 64.2 cm³/mol. The van der Waals surface area contributed by atoms with E-state index in [2.05, 4.69) is 4.28 Å². The molecule has 0 aromatic carbocycles. The van der Waals surface area contributed by atoms with Gasteiger partial charge in [-0.3, -0.25) is 9.35 Å². The number of carbonyl (C=O) groups is 2. The zero-order valence-electron chi connectivity index (χ0n) is 10.3. The Morgan fingerprint density at radius 2 is 2.10 bits per heavy atom. The van der Waals surface area contributed by atoms with Crippen molar-refractivity contribution in [1.82, 2.24) is 9.96 Å². The number of urea groups is 1. The molecule has 2 bridgehead atoms. The Labute approximate surface area is 114 Å². The topological polar surface area (TPSA) is 130 Å². The molecule has 0 aromatic rings. The maximum absolute atomic E-state index is 12.1. The van der Waals surface area contributed by atoms with Gasteiger partial charge >= 0.3 is 16.4 Å². The summed E-state index contributed by atoms with van der Waals surface area (Å²) in [5.74, 6) is -0.472. The normalized spacial score (nSPS) is 29.6. The van der Waals surface area contributed by atoms with Crippen molar-refractivity contribution < 1.29 is 26.8 Å². The zero-order valence-corrected chi connectivity index (χ0v) is 11.1. The molecule has 10 heteroatoms. The summed E-state index contributed by atoms with van der Waals surface area (Å²) in [5, 5.41) is 0.556. The van der Waals surface area contributed by atoms with Gasteiger partial charge in [-0.15, -0.1) is 4.28 Å². The molecule has 0 aromatic heterocycles. The fourth-order valence-corrected chi connectivity index (χ4v) is 3.11. The van der Waals surface area contributed by atoms with Crippen LogP contribution in [0.25, 0.3) is 0 Å². The van der Waals surface area contributed by atoms with E-state index in [0.717, 1.165) is 18.4 Å². The average molecular weight is 303 g/mol. The van der Waals surface area contributed by atoms with Crippen molar-refractivity contribution >= 4 is 22.3 Å². The number of amides is 3. The summed E-state index contributed by atoms with van der Waals surface area (Å²) in [5.41, 5.74) is 6.07. The van der Waals surface area contributed by atoms with Crippen LogP contribution >= 0.6 is 0 Å². The van der Waals surface area contributed by atoms with Gasteiger partial charge < -0.3 is 10.6 Å². The fourth-order valence-electron chi connectivity index (χ4n) is 2.73. The summed E-state index contributed by atoms with van der Waals surface area (Å²) in [7, 11) is -4.81. The van der Waals surface area contributed by atoms with E-state index >= 15 is 0 Å². The van der Waals surface area contributed by atoms with Gasteiger partial charge in [0, 0.05) is 0 Å². The molecular weight excluding hydrogens is 290 g/mol.